The van der Waals surface area contributed by atoms with Gasteiger partial charge in [-0.15, -0.1) is 11.3 Å². The average molecular weight is 458 g/mol. The predicted octanol–water partition coefficient (Wildman–Crippen LogP) is 8.09. The van der Waals surface area contributed by atoms with Gasteiger partial charge in [-0.2, -0.15) is 5.26 Å². The topological polar surface area (TPSA) is 49.8 Å². The number of hydrogen-bond donors (Lipinski definition) is 0. The van der Waals surface area contributed by atoms with Crippen molar-refractivity contribution in [2.45, 2.75) is 0 Å². The van der Waals surface area contributed by atoms with Crippen molar-refractivity contribution in [3.63, 3.8) is 0 Å². The van der Waals surface area contributed by atoms with Crippen LogP contribution in [0, 0.1) is 11.3 Å². The summed E-state index contributed by atoms with van der Waals surface area (Å²) in [7, 11) is 0. The molecule has 0 atom stereocenters. The van der Waals surface area contributed by atoms with E-state index in [1.54, 1.807) is 24.3 Å². The molecule has 4 aromatic rings. The van der Waals surface area contributed by atoms with E-state index in [4.69, 9.17) is 39.2 Å². The molecule has 2 heterocycles. The van der Waals surface area contributed by atoms with Gasteiger partial charge in [-0.3, -0.25) is 0 Å². The Bertz CT molecular complexity index is 1250. The average Bonchev–Trinajstić information content (AvgIpc) is 3.39. The second-order valence-corrected chi connectivity index (χ2v) is 8.15. The fourth-order valence-electron chi connectivity index (χ4n) is 2.67. The molecule has 2 aromatic carbocycles. The number of halogens is 3. The molecule has 0 aliphatic rings. The molecule has 0 fully saturated rings. The lowest BCUT2D eigenvalue weighted by molar-refractivity contribution is 0.572. The molecule has 0 amide bonds. The van der Waals surface area contributed by atoms with Gasteiger partial charge in [0.2, 0.25) is 0 Å². The monoisotopic (exact) mass is 456 g/mol. The predicted molar refractivity (Wildman–Crippen MR) is 120 cm³/mol. The van der Waals surface area contributed by atoms with E-state index in [-0.39, 0.29) is 0 Å². The van der Waals surface area contributed by atoms with E-state index < -0.39 is 0 Å². The van der Waals surface area contributed by atoms with Gasteiger partial charge in [0.25, 0.3) is 0 Å². The maximum atomic E-state index is 9.60. The molecular weight excluding hydrogens is 447 g/mol. The highest BCUT2D eigenvalue weighted by Crippen LogP contribution is 2.32. The highest BCUT2D eigenvalue weighted by Gasteiger charge is 2.11. The van der Waals surface area contributed by atoms with E-state index in [2.05, 4.69) is 11.1 Å². The van der Waals surface area contributed by atoms with Gasteiger partial charge in [0.15, 0.2) is 0 Å². The number of nitriles is 1. The number of benzene rings is 2. The van der Waals surface area contributed by atoms with Crippen LogP contribution in [0.15, 0.2) is 64.4 Å². The zero-order valence-corrected chi connectivity index (χ0v) is 17.8. The van der Waals surface area contributed by atoms with E-state index in [0.717, 1.165) is 16.8 Å². The molecule has 7 heteroatoms. The molecule has 0 saturated heterocycles. The molecule has 0 aliphatic carbocycles. The molecule has 0 N–H and O–H groups in total. The van der Waals surface area contributed by atoms with Gasteiger partial charge in [0.05, 0.1) is 21.3 Å². The summed E-state index contributed by atoms with van der Waals surface area (Å²) >= 11 is 19.4. The standard InChI is InChI=1S/C22H11Cl3N2OS/c23-16-4-1-13(2-5-16)20-12-29-22(27-20)15(11-26)9-17-6-8-21(28-17)14-3-7-18(24)19(25)10-14/h1-10,12H. The number of hydrogen-bond acceptors (Lipinski definition) is 4. The number of furan rings is 1. The van der Waals surface area contributed by atoms with Crippen molar-refractivity contribution in [2.24, 2.45) is 0 Å². The second-order valence-electron chi connectivity index (χ2n) is 6.05. The minimum atomic E-state index is 0.422. The van der Waals surface area contributed by atoms with Crippen LogP contribution < -0.4 is 0 Å². The van der Waals surface area contributed by atoms with Crippen molar-refractivity contribution < 1.29 is 4.42 Å². The lowest BCUT2D eigenvalue weighted by Gasteiger charge is -1.99. The van der Waals surface area contributed by atoms with E-state index in [1.165, 1.54) is 11.3 Å². The van der Waals surface area contributed by atoms with E-state index in [0.29, 0.717) is 37.2 Å². The van der Waals surface area contributed by atoms with Gasteiger partial charge in [-0.25, -0.2) is 4.98 Å². The SMILES string of the molecule is N#CC(=Cc1ccc(-c2ccc(Cl)c(Cl)c2)o1)c1nc(-c2ccc(Cl)cc2)cs1. The quantitative estimate of drug-likeness (QED) is 0.291. The van der Waals surface area contributed by atoms with Gasteiger partial charge < -0.3 is 4.42 Å². The number of nitrogens with zero attached hydrogens (tertiary/aromatic N) is 2. The number of aromatic nitrogens is 1. The molecule has 0 bridgehead atoms. The summed E-state index contributed by atoms with van der Waals surface area (Å²) in [6, 6.07) is 18.5. The summed E-state index contributed by atoms with van der Waals surface area (Å²) in [4.78, 5) is 4.57. The second kappa shape index (κ2) is 8.44. The van der Waals surface area contributed by atoms with E-state index >= 15 is 0 Å². The molecular formula is C22H11Cl3N2OS. The number of allylic oxidation sites excluding steroid dienone is 1. The zero-order chi connectivity index (χ0) is 20.4. The van der Waals surface area contributed by atoms with Crippen LogP contribution in [0.3, 0.4) is 0 Å². The fourth-order valence-corrected chi connectivity index (χ4v) is 3.89. The molecule has 142 valence electrons. The molecule has 0 saturated carbocycles. The molecule has 0 spiro atoms. The Morgan fingerprint density at radius 2 is 1.72 bits per heavy atom. The number of rotatable bonds is 4. The first-order valence-electron chi connectivity index (χ1n) is 8.42. The Balaban J connectivity index is 1.62. The highest BCUT2D eigenvalue weighted by molar-refractivity contribution is 7.11. The Morgan fingerprint density at radius 1 is 0.966 bits per heavy atom. The maximum Gasteiger partial charge on any atom is 0.134 e. The largest absolute Gasteiger partial charge is 0.457 e. The Morgan fingerprint density at radius 3 is 2.45 bits per heavy atom. The van der Waals surface area contributed by atoms with Crippen LogP contribution in [0.5, 0.6) is 0 Å². The van der Waals surface area contributed by atoms with Crippen LogP contribution in [0.4, 0.5) is 0 Å². The minimum absolute atomic E-state index is 0.422. The molecule has 0 unspecified atom stereocenters. The van der Waals surface area contributed by atoms with Crippen molar-refractivity contribution in [1.29, 1.82) is 5.26 Å². The fraction of sp³-hybridized carbons (Fsp3) is 0. The lowest BCUT2D eigenvalue weighted by atomic mass is 10.2. The molecule has 0 radical (unpaired) electrons. The molecule has 3 nitrogen and oxygen atoms in total. The van der Waals surface area contributed by atoms with E-state index in [9.17, 15) is 5.26 Å². The summed E-state index contributed by atoms with van der Waals surface area (Å²) in [5, 5.41) is 13.7. The molecule has 29 heavy (non-hydrogen) atoms. The minimum Gasteiger partial charge on any atom is -0.457 e. The van der Waals surface area contributed by atoms with Gasteiger partial charge >= 0.3 is 0 Å². The van der Waals surface area contributed by atoms with Crippen LogP contribution in [0.1, 0.15) is 10.8 Å². The summed E-state index contributed by atoms with van der Waals surface area (Å²) in [5.41, 5.74) is 2.95. The first kappa shape index (κ1) is 19.8. The normalized spacial score (nSPS) is 11.4. The lowest BCUT2D eigenvalue weighted by Crippen LogP contribution is -1.82. The Hall–Kier alpha value is -2.55. The van der Waals surface area contributed by atoms with Gasteiger partial charge in [0.1, 0.15) is 22.6 Å². The first-order valence-corrected chi connectivity index (χ1v) is 10.4. The van der Waals surface area contributed by atoms with Gasteiger partial charge in [-0.1, -0.05) is 46.9 Å². The van der Waals surface area contributed by atoms with Gasteiger partial charge in [0, 0.05) is 27.6 Å². The van der Waals surface area contributed by atoms with Crippen LogP contribution >= 0.6 is 46.1 Å². The van der Waals surface area contributed by atoms with Gasteiger partial charge in [-0.05, 0) is 42.5 Å². The van der Waals surface area contributed by atoms with Crippen LogP contribution in [0.25, 0.3) is 34.2 Å². The zero-order valence-electron chi connectivity index (χ0n) is 14.7. The van der Waals surface area contributed by atoms with Crippen molar-refractivity contribution in [2.75, 3.05) is 0 Å². The first-order chi connectivity index (χ1) is 14.0. The third-order valence-corrected chi connectivity index (χ3v) is 5.98. The third-order valence-electron chi connectivity index (χ3n) is 4.11. The smallest absolute Gasteiger partial charge is 0.134 e. The Kier molecular flexibility index (Phi) is 5.75. The van der Waals surface area contributed by atoms with Crippen molar-refractivity contribution >= 4 is 57.8 Å². The molecule has 2 aromatic heterocycles. The summed E-state index contributed by atoms with van der Waals surface area (Å²) in [6.07, 6.45) is 1.67. The van der Waals surface area contributed by atoms with Crippen molar-refractivity contribution in [3.05, 3.63) is 85.8 Å². The molecule has 0 aliphatic heterocycles. The van der Waals surface area contributed by atoms with Crippen molar-refractivity contribution in [1.82, 2.24) is 4.98 Å². The van der Waals surface area contributed by atoms with Crippen LogP contribution in [0.2, 0.25) is 15.1 Å². The van der Waals surface area contributed by atoms with Crippen LogP contribution in [-0.4, -0.2) is 4.98 Å². The third kappa shape index (κ3) is 4.39. The Labute approximate surface area is 186 Å². The summed E-state index contributed by atoms with van der Waals surface area (Å²) in [6.45, 7) is 0. The van der Waals surface area contributed by atoms with E-state index in [1.807, 2.05) is 41.8 Å². The summed E-state index contributed by atoms with van der Waals surface area (Å²) in [5.74, 6) is 1.18. The molecule has 4 rings (SSSR count). The van der Waals surface area contributed by atoms with Crippen molar-refractivity contribution in [3.8, 4) is 28.7 Å². The maximum absolute atomic E-state index is 9.60. The van der Waals surface area contributed by atoms with Crippen LogP contribution in [-0.2, 0) is 0 Å². The number of thiazole rings is 1. The summed E-state index contributed by atoms with van der Waals surface area (Å²) < 4.78 is 5.86. The highest BCUT2D eigenvalue weighted by atomic mass is 35.5.